The number of hydrogen-bond donors (Lipinski definition) is 1. The van der Waals surface area contributed by atoms with E-state index >= 15 is 0 Å². The van der Waals surface area contributed by atoms with Crippen molar-refractivity contribution in [2.45, 2.75) is 0 Å². The Labute approximate surface area is 168 Å². The molecule has 2 aromatic carbocycles. The Hall–Kier alpha value is -2.89. The Kier molecular flexibility index (Phi) is 5.03. The van der Waals surface area contributed by atoms with Crippen LogP contribution < -0.4 is 4.90 Å². The summed E-state index contributed by atoms with van der Waals surface area (Å²) in [6.45, 7) is 0.517. The standard InChI is InChI=1S/C22H21ClN4O/c1-26(10-11-28)22-20(15-6-4-3-5-7-15)21(23)17-12-16(8-9-18(17)25-22)19-13-24-14-27(19)2/h3-9,12-14,28H,10-11H2,1-2H3. The highest BCUT2D eigenvalue weighted by Gasteiger charge is 2.19. The predicted molar refractivity (Wildman–Crippen MR) is 115 cm³/mol. The zero-order chi connectivity index (χ0) is 19.7. The molecule has 0 saturated heterocycles. The molecule has 5 nitrogen and oxygen atoms in total. The van der Waals surface area contributed by atoms with Crippen LogP contribution in [-0.4, -0.2) is 39.8 Å². The highest BCUT2D eigenvalue weighted by Crippen LogP contribution is 2.40. The summed E-state index contributed by atoms with van der Waals surface area (Å²) >= 11 is 6.95. The monoisotopic (exact) mass is 392 g/mol. The lowest BCUT2D eigenvalue weighted by atomic mass is 10.0. The quantitative estimate of drug-likeness (QED) is 0.547. The Morgan fingerprint density at radius 2 is 1.89 bits per heavy atom. The third-order valence-electron chi connectivity index (χ3n) is 4.87. The van der Waals surface area contributed by atoms with E-state index in [0.717, 1.165) is 39.1 Å². The summed E-state index contributed by atoms with van der Waals surface area (Å²) in [5.41, 5.74) is 4.73. The van der Waals surface area contributed by atoms with Gasteiger partial charge in [-0.2, -0.15) is 0 Å². The van der Waals surface area contributed by atoms with Gasteiger partial charge < -0.3 is 14.6 Å². The van der Waals surface area contributed by atoms with Crippen molar-refractivity contribution in [2.75, 3.05) is 25.1 Å². The maximum Gasteiger partial charge on any atom is 0.138 e. The number of imidazole rings is 1. The lowest BCUT2D eigenvalue weighted by molar-refractivity contribution is 0.304. The van der Waals surface area contributed by atoms with Crippen molar-refractivity contribution in [1.29, 1.82) is 0 Å². The molecule has 0 aliphatic carbocycles. The van der Waals surface area contributed by atoms with E-state index in [2.05, 4.69) is 11.1 Å². The van der Waals surface area contributed by atoms with E-state index in [-0.39, 0.29) is 6.61 Å². The minimum absolute atomic E-state index is 0.0431. The molecular formula is C22H21ClN4O. The van der Waals surface area contributed by atoms with E-state index < -0.39 is 0 Å². The minimum atomic E-state index is 0.0431. The van der Waals surface area contributed by atoms with Crippen molar-refractivity contribution in [3.05, 3.63) is 66.1 Å². The number of halogens is 1. The van der Waals surface area contributed by atoms with Crippen molar-refractivity contribution < 1.29 is 5.11 Å². The van der Waals surface area contributed by atoms with Crippen LogP contribution >= 0.6 is 11.6 Å². The van der Waals surface area contributed by atoms with Gasteiger partial charge in [-0.05, 0) is 17.7 Å². The van der Waals surface area contributed by atoms with E-state index in [9.17, 15) is 5.11 Å². The van der Waals surface area contributed by atoms with Crippen LogP contribution in [0.4, 0.5) is 5.82 Å². The number of likely N-dealkylation sites (N-methyl/N-ethyl adjacent to an activating group) is 1. The van der Waals surface area contributed by atoms with Gasteiger partial charge in [0.2, 0.25) is 0 Å². The highest BCUT2D eigenvalue weighted by atomic mass is 35.5. The Morgan fingerprint density at radius 3 is 2.57 bits per heavy atom. The molecule has 0 radical (unpaired) electrons. The average molecular weight is 393 g/mol. The number of hydrogen-bond acceptors (Lipinski definition) is 4. The van der Waals surface area contributed by atoms with Crippen LogP contribution in [0.1, 0.15) is 0 Å². The van der Waals surface area contributed by atoms with Crippen LogP contribution in [0.2, 0.25) is 5.02 Å². The largest absolute Gasteiger partial charge is 0.395 e. The molecule has 0 atom stereocenters. The molecule has 142 valence electrons. The van der Waals surface area contributed by atoms with Crippen molar-refractivity contribution >= 4 is 28.3 Å². The van der Waals surface area contributed by atoms with Crippen LogP contribution in [0.3, 0.4) is 0 Å². The zero-order valence-electron chi connectivity index (χ0n) is 15.8. The van der Waals surface area contributed by atoms with Crippen molar-refractivity contribution in [1.82, 2.24) is 14.5 Å². The van der Waals surface area contributed by atoms with E-state index in [4.69, 9.17) is 16.6 Å². The summed E-state index contributed by atoms with van der Waals surface area (Å²) in [6.07, 6.45) is 3.62. The number of nitrogens with zero attached hydrogens (tertiary/aromatic N) is 4. The number of pyridine rings is 1. The van der Waals surface area contributed by atoms with Gasteiger partial charge in [0.15, 0.2) is 0 Å². The molecule has 0 bridgehead atoms. The normalized spacial score (nSPS) is 11.1. The maximum atomic E-state index is 9.40. The Balaban J connectivity index is 1.98. The molecular weight excluding hydrogens is 372 g/mol. The number of aliphatic hydroxyl groups is 1. The van der Waals surface area contributed by atoms with Gasteiger partial charge in [0.05, 0.1) is 35.4 Å². The molecule has 28 heavy (non-hydrogen) atoms. The highest BCUT2D eigenvalue weighted by molar-refractivity contribution is 6.39. The molecule has 6 heteroatoms. The molecule has 0 amide bonds. The second-order valence-electron chi connectivity index (χ2n) is 6.76. The smallest absolute Gasteiger partial charge is 0.138 e. The van der Waals surface area contributed by atoms with Crippen LogP contribution in [0.15, 0.2) is 61.1 Å². The molecule has 0 unspecified atom stereocenters. The van der Waals surface area contributed by atoms with Gasteiger partial charge in [-0.25, -0.2) is 9.97 Å². The molecule has 0 aliphatic rings. The molecule has 0 aliphatic heterocycles. The van der Waals surface area contributed by atoms with Crippen molar-refractivity contribution in [2.24, 2.45) is 7.05 Å². The van der Waals surface area contributed by atoms with Gasteiger partial charge in [0.25, 0.3) is 0 Å². The third kappa shape index (κ3) is 3.23. The third-order valence-corrected chi connectivity index (χ3v) is 5.27. The lowest BCUT2D eigenvalue weighted by Gasteiger charge is -2.22. The van der Waals surface area contributed by atoms with E-state index in [0.29, 0.717) is 11.6 Å². The molecule has 0 spiro atoms. The fraction of sp³-hybridized carbons (Fsp3) is 0.182. The molecule has 2 aromatic heterocycles. The molecule has 4 rings (SSSR count). The number of aliphatic hydroxyl groups excluding tert-OH is 1. The first kappa shape index (κ1) is 18.5. The number of anilines is 1. The van der Waals surface area contributed by atoms with Gasteiger partial charge >= 0.3 is 0 Å². The first-order valence-electron chi connectivity index (χ1n) is 9.07. The Bertz CT molecular complexity index is 1120. The lowest BCUT2D eigenvalue weighted by Crippen LogP contribution is -2.23. The van der Waals surface area contributed by atoms with Gasteiger partial charge in [0, 0.05) is 37.2 Å². The summed E-state index contributed by atoms with van der Waals surface area (Å²) in [5, 5.41) is 10.9. The Morgan fingerprint density at radius 1 is 1.11 bits per heavy atom. The first-order chi connectivity index (χ1) is 13.6. The second-order valence-corrected chi connectivity index (χ2v) is 7.14. The van der Waals surface area contributed by atoms with Crippen molar-refractivity contribution in [3.8, 4) is 22.4 Å². The molecule has 4 aromatic rings. The molecule has 0 saturated carbocycles. The topological polar surface area (TPSA) is 54.2 Å². The molecule has 0 fully saturated rings. The fourth-order valence-corrected chi connectivity index (χ4v) is 3.74. The number of rotatable bonds is 5. The minimum Gasteiger partial charge on any atom is -0.395 e. The zero-order valence-corrected chi connectivity index (χ0v) is 16.6. The summed E-state index contributed by atoms with van der Waals surface area (Å²) in [4.78, 5) is 11.0. The van der Waals surface area contributed by atoms with Crippen LogP contribution in [-0.2, 0) is 7.05 Å². The molecule has 2 heterocycles. The van der Waals surface area contributed by atoms with E-state index in [1.807, 2.05) is 72.2 Å². The second kappa shape index (κ2) is 7.62. The number of aryl methyl sites for hydroxylation is 1. The maximum absolute atomic E-state index is 9.40. The van der Waals surface area contributed by atoms with Crippen LogP contribution in [0.25, 0.3) is 33.3 Å². The van der Waals surface area contributed by atoms with Gasteiger partial charge in [0.1, 0.15) is 5.82 Å². The van der Waals surface area contributed by atoms with Gasteiger partial charge in [-0.3, -0.25) is 0 Å². The van der Waals surface area contributed by atoms with Crippen LogP contribution in [0, 0.1) is 0 Å². The van der Waals surface area contributed by atoms with Gasteiger partial charge in [-0.1, -0.05) is 48.0 Å². The summed E-state index contributed by atoms with van der Waals surface area (Å²) in [6, 6.07) is 16.1. The van der Waals surface area contributed by atoms with E-state index in [1.165, 1.54) is 0 Å². The van der Waals surface area contributed by atoms with Crippen LogP contribution in [0.5, 0.6) is 0 Å². The predicted octanol–water partition coefficient (Wildman–Crippen LogP) is 4.38. The number of aromatic nitrogens is 3. The first-order valence-corrected chi connectivity index (χ1v) is 9.45. The molecule has 1 N–H and O–H groups in total. The van der Waals surface area contributed by atoms with Gasteiger partial charge in [-0.15, -0.1) is 0 Å². The number of fused-ring (bicyclic) bond motifs is 1. The fourth-order valence-electron chi connectivity index (χ4n) is 3.40. The van der Waals surface area contributed by atoms with E-state index in [1.54, 1.807) is 6.33 Å². The SMILES string of the molecule is CN(CCO)c1nc2ccc(-c3cncn3C)cc2c(Cl)c1-c1ccccc1. The average Bonchev–Trinajstić information content (AvgIpc) is 3.14. The van der Waals surface area contributed by atoms with Crippen molar-refractivity contribution in [3.63, 3.8) is 0 Å². The summed E-state index contributed by atoms with van der Waals surface area (Å²) < 4.78 is 1.98. The summed E-state index contributed by atoms with van der Waals surface area (Å²) in [7, 11) is 3.88. The summed E-state index contributed by atoms with van der Waals surface area (Å²) in [5.74, 6) is 0.756. The number of benzene rings is 2.